The van der Waals surface area contributed by atoms with Crippen LogP contribution in [0.1, 0.15) is 32.4 Å². The van der Waals surface area contributed by atoms with Gasteiger partial charge in [0.2, 0.25) is 0 Å². The fourth-order valence-electron chi connectivity index (χ4n) is 4.02. The van der Waals surface area contributed by atoms with Crippen LogP contribution in [-0.2, 0) is 15.5 Å². The van der Waals surface area contributed by atoms with E-state index in [4.69, 9.17) is 4.74 Å². The number of carbonyl (C=O) groups excluding carboxylic acids is 1. The summed E-state index contributed by atoms with van der Waals surface area (Å²) in [6.45, 7) is 8.77. The summed E-state index contributed by atoms with van der Waals surface area (Å²) in [6, 6.07) is 5.34. The fraction of sp³-hybridized carbons (Fsp3) is 0.435. The van der Waals surface area contributed by atoms with Crippen molar-refractivity contribution < 1.29 is 27.3 Å². The molecular weight excluding hydrogens is 484 g/mol. The van der Waals surface area contributed by atoms with E-state index in [0.717, 1.165) is 12.1 Å². The van der Waals surface area contributed by atoms with Crippen molar-refractivity contribution in [2.24, 2.45) is 0 Å². The summed E-state index contributed by atoms with van der Waals surface area (Å²) in [4.78, 5) is 31.8. The van der Waals surface area contributed by atoms with Crippen LogP contribution in [0.4, 0.5) is 18.0 Å². The van der Waals surface area contributed by atoms with Crippen LogP contribution in [0.2, 0.25) is 0 Å². The molecule has 12 heteroatoms. The summed E-state index contributed by atoms with van der Waals surface area (Å²) in [5.74, 6) is 0. The third-order valence-electron chi connectivity index (χ3n) is 5.65. The third kappa shape index (κ3) is 4.74. The molecule has 0 bridgehead atoms. The van der Waals surface area contributed by atoms with E-state index < -0.39 is 42.3 Å². The van der Waals surface area contributed by atoms with Crippen LogP contribution in [0.15, 0.2) is 41.3 Å². The number of rotatable bonds is 3. The first-order valence-electron chi connectivity index (χ1n) is 10.9. The van der Waals surface area contributed by atoms with Crippen molar-refractivity contribution in [2.45, 2.75) is 38.6 Å². The fourth-order valence-corrected chi connectivity index (χ4v) is 5.17. The van der Waals surface area contributed by atoms with Gasteiger partial charge in [-0.15, -0.1) is 0 Å². The Morgan fingerprint density at radius 3 is 2.20 bits per heavy atom. The summed E-state index contributed by atoms with van der Waals surface area (Å²) >= 11 is 0. The van der Waals surface area contributed by atoms with Crippen molar-refractivity contribution in [1.29, 1.82) is 0 Å². The Bertz CT molecular complexity index is 1390. The second-order valence-corrected chi connectivity index (χ2v) is 13.1. The maximum atomic E-state index is 13.6. The zero-order chi connectivity index (χ0) is 25.9. The molecule has 2 aromatic heterocycles. The Kier molecular flexibility index (Phi) is 5.91. The molecule has 0 N–H and O–H groups in total. The number of hydrogen-bond donors (Lipinski definition) is 0. The minimum atomic E-state index is -4.52. The molecule has 0 atom stereocenters. The van der Waals surface area contributed by atoms with Crippen molar-refractivity contribution in [3.63, 3.8) is 0 Å². The molecular formula is C23H26F3N4O4P. The number of imidazole rings is 1. The Balaban J connectivity index is 1.83. The first-order valence-corrected chi connectivity index (χ1v) is 13.5. The molecule has 1 saturated heterocycles. The first kappa shape index (κ1) is 25.0. The standard InChI is InChI=1S/C23H26F3N4O4P/c1-22(2,3)34-21(32)28-12-16(13-28)29-18-17(35(4,5)33)10-11-27-19(18)30(20(29)31)15-8-6-14(7-9-15)23(24,25)26/h6-11,16H,12-13H2,1-5H3. The molecule has 1 fully saturated rings. The minimum Gasteiger partial charge on any atom is -0.444 e. The van der Waals surface area contributed by atoms with E-state index in [-0.39, 0.29) is 24.4 Å². The smallest absolute Gasteiger partial charge is 0.416 e. The molecule has 1 aliphatic heterocycles. The van der Waals surface area contributed by atoms with Gasteiger partial charge in [-0.05, 0) is 64.4 Å². The molecule has 0 unspecified atom stereocenters. The van der Waals surface area contributed by atoms with Gasteiger partial charge in [-0.25, -0.2) is 19.1 Å². The molecule has 1 aliphatic rings. The SMILES string of the molecule is CC(C)(C)OC(=O)N1CC(n2c(=O)n(-c3ccc(C(F)(F)F)cc3)c3nccc(P(C)(C)=O)c32)C1. The normalized spacial score (nSPS) is 15.4. The number of aromatic nitrogens is 3. The maximum absolute atomic E-state index is 13.6. The number of hydrogen-bond acceptors (Lipinski definition) is 5. The number of ether oxygens (including phenoxy) is 1. The zero-order valence-corrected chi connectivity index (χ0v) is 20.9. The first-order chi connectivity index (χ1) is 16.1. The van der Waals surface area contributed by atoms with Gasteiger partial charge in [0.1, 0.15) is 18.3 Å². The van der Waals surface area contributed by atoms with Crippen LogP contribution in [0.5, 0.6) is 0 Å². The molecule has 1 amide bonds. The molecule has 3 aromatic rings. The van der Waals surface area contributed by atoms with Crippen LogP contribution in [0.25, 0.3) is 16.9 Å². The lowest BCUT2D eigenvalue weighted by Gasteiger charge is -2.40. The lowest BCUT2D eigenvalue weighted by atomic mass is 10.1. The monoisotopic (exact) mass is 510 g/mol. The Morgan fingerprint density at radius 1 is 1.09 bits per heavy atom. The van der Waals surface area contributed by atoms with Gasteiger partial charge in [0.15, 0.2) is 5.65 Å². The molecule has 0 aliphatic carbocycles. The van der Waals surface area contributed by atoms with Crippen LogP contribution in [-0.4, -0.2) is 57.1 Å². The van der Waals surface area contributed by atoms with Gasteiger partial charge >= 0.3 is 18.0 Å². The van der Waals surface area contributed by atoms with E-state index in [1.807, 2.05) is 0 Å². The number of benzene rings is 1. The summed E-state index contributed by atoms with van der Waals surface area (Å²) in [5.41, 5.74) is -1.33. The number of alkyl halides is 3. The summed E-state index contributed by atoms with van der Waals surface area (Å²) in [5, 5.41) is 0.431. The van der Waals surface area contributed by atoms with Gasteiger partial charge < -0.3 is 14.2 Å². The van der Waals surface area contributed by atoms with E-state index in [1.165, 1.54) is 32.4 Å². The number of pyridine rings is 1. The Morgan fingerprint density at radius 2 is 1.69 bits per heavy atom. The van der Waals surface area contributed by atoms with E-state index in [1.54, 1.807) is 40.2 Å². The number of halogens is 3. The van der Waals surface area contributed by atoms with Crippen molar-refractivity contribution in [2.75, 3.05) is 26.4 Å². The third-order valence-corrected chi connectivity index (χ3v) is 7.17. The topological polar surface area (TPSA) is 86.4 Å². The average Bonchev–Trinajstić information content (AvgIpc) is 2.96. The number of carbonyl (C=O) groups is 1. The number of likely N-dealkylation sites (tertiary alicyclic amines) is 1. The van der Waals surface area contributed by atoms with Gasteiger partial charge in [0.05, 0.1) is 17.3 Å². The molecule has 0 saturated carbocycles. The van der Waals surface area contributed by atoms with Crippen LogP contribution >= 0.6 is 7.14 Å². The molecule has 0 spiro atoms. The van der Waals surface area contributed by atoms with E-state index >= 15 is 0 Å². The average molecular weight is 510 g/mol. The van der Waals surface area contributed by atoms with E-state index in [0.29, 0.717) is 10.8 Å². The summed E-state index contributed by atoms with van der Waals surface area (Å²) in [6.07, 6.45) is -3.60. The molecule has 0 radical (unpaired) electrons. The van der Waals surface area contributed by atoms with Crippen molar-refractivity contribution >= 4 is 29.7 Å². The second-order valence-electron chi connectivity index (χ2n) is 9.92. The highest BCUT2D eigenvalue weighted by Crippen LogP contribution is 2.38. The highest BCUT2D eigenvalue weighted by molar-refractivity contribution is 7.70. The lowest BCUT2D eigenvalue weighted by Crippen LogP contribution is -2.54. The van der Waals surface area contributed by atoms with Gasteiger partial charge in [-0.3, -0.25) is 4.57 Å². The molecule has 35 heavy (non-hydrogen) atoms. The van der Waals surface area contributed by atoms with Gasteiger partial charge in [0.25, 0.3) is 0 Å². The summed E-state index contributed by atoms with van der Waals surface area (Å²) < 4.78 is 60.3. The van der Waals surface area contributed by atoms with Gasteiger partial charge in [-0.2, -0.15) is 13.2 Å². The van der Waals surface area contributed by atoms with E-state index in [2.05, 4.69) is 4.98 Å². The molecule has 188 valence electrons. The van der Waals surface area contributed by atoms with Gasteiger partial charge in [0, 0.05) is 24.6 Å². The number of fused-ring (bicyclic) bond motifs is 1. The second kappa shape index (κ2) is 8.26. The largest absolute Gasteiger partial charge is 0.444 e. The van der Waals surface area contributed by atoms with Crippen molar-refractivity contribution in [1.82, 2.24) is 19.0 Å². The highest BCUT2D eigenvalue weighted by atomic mass is 31.2. The molecule has 4 rings (SSSR count). The predicted octanol–water partition coefficient (Wildman–Crippen LogP) is 4.25. The van der Waals surface area contributed by atoms with Crippen LogP contribution in [0, 0.1) is 0 Å². The summed E-state index contributed by atoms with van der Waals surface area (Å²) in [7, 11) is -2.87. The maximum Gasteiger partial charge on any atom is 0.416 e. The lowest BCUT2D eigenvalue weighted by molar-refractivity contribution is -0.137. The molecule has 3 heterocycles. The minimum absolute atomic E-state index is 0.187. The van der Waals surface area contributed by atoms with E-state index in [9.17, 15) is 27.3 Å². The number of amides is 1. The Hall–Kier alpha value is -3.07. The van der Waals surface area contributed by atoms with Crippen LogP contribution in [0.3, 0.4) is 0 Å². The van der Waals surface area contributed by atoms with Crippen molar-refractivity contribution in [3.05, 3.63) is 52.6 Å². The molecule has 8 nitrogen and oxygen atoms in total. The highest BCUT2D eigenvalue weighted by Gasteiger charge is 2.38. The quantitative estimate of drug-likeness (QED) is 0.492. The predicted molar refractivity (Wildman–Crippen MR) is 126 cm³/mol. The molecule has 1 aromatic carbocycles. The van der Waals surface area contributed by atoms with Gasteiger partial charge in [-0.1, -0.05) is 0 Å². The van der Waals surface area contributed by atoms with Crippen molar-refractivity contribution in [3.8, 4) is 5.69 Å². The Labute approximate surface area is 199 Å². The van der Waals surface area contributed by atoms with Crippen LogP contribution < -0.4 is 11.0 Å². The number of nitrogens with zero attached hydrogens (tertiary/aromatic N) is 4. The zero-order valence-electron chi connectivity index (χ0n) is 20.0.